The standard InChI is InChI=1S/C16H23N3O3S/c1-3-12(13-17-6-9-23-13)18-15(21)19-7-4-16(5-8-19)10-11(16)14(20)22-2/h6,9,11-12H,3-5,7-8,10H2,1-2H3,(H,18,21)/t11-,12+/m1/s1. The summed E-state index contributed by atoms with van der Waals surface area (Å²) in [5.74, 6) is -0.0610. The fraction of sp³-hybridized carbons (Fsp3) is 0.688. The van der Waals surface area contributed by atoms with Crippen molar-refractivity contribution in [2.45, 2.75) is 38.6 Å². The van der Waals surface area contributed by atoms with E-state index in [9.17, 15) is 9.59 Å². The van der Waals surface area contributed by atoms with Gasteiger partial charge in [-0.05, 0) is 31.1 Å². The Morgan fingerprint density at radius 2 is 2.26 bits per heavy atom. The van der Waals surface area contributed by atoms with Gasteiger partial charge < -0.3 is 15.0 Å². The first-order valence-electron chi connectivity index (χ1n) is 8.12. The molecule has 7 heteroatoms. The van der Waals surface area contributed by atoms with Crippen LogP contribution in [-0.2, 0) is 9.53 Å². The largest absolute Gasteiger partial charge is 0.469 e. The second-order valence-corrected chi connectivity index (χ2v) is 7.34. The Morgan fingerprint density at radius 3 is 2.83 bits per heavy atom. The molecule has 0 unspecified atom stereocenters. The van der Waals surface area contributed by atoms with E-state index in [1.807, 2.05) is 17.2 Å². The van der Waals surface area contributed by atoms with Crippen LogP contribution < -0.4 is 5.32 Å². The van der Waals surface area contributed by atoms with E-state index in [1.54, 1.807) is 17.5 Å². The lowest BCUT2D eigenvalue weighted by Crippen LogP contribution is -2.46. The summed E-state index contributed by atoms with van der Waals surface area (Å²) >= 11 is 1.56. The molecular weight excluding hydrogens is 314 g/mol. The molecule has 1 spiro atoms. The summed E-state index contributed by atoms with van der Waals surface area (Å²) in [5.41, 5.74) is 0.0866. The molecule has 2 aliphatic rings. The Morgan fingerprint density at radius 1 is 1.52 bits per heavy atom. The average Bonchev–Trinajstić information content (AvgIpc) is 3.00. The topological polar surface area (TPSA) is 71.5 Å². The molecule has 0 bridgehead atoms. The van der Waals surface area contributed by atoms with Crippen LogP contribution in [0.1, 0.15) is 43.7 Å². The average molecular weight is 337 g/mol. The number of nitrogens with zero attached hydrogens (tertiary/aromatic N) is 2. The van der Waals surface area contributed by atoms with Crippen molar-refractivity contribution in [3.63, 3.8) is 0 Å². The van der Waals surface area contributed by atoms with Gasteiger partial charge in [0.25, 0.3) is 0 Å². The number of nitrogens with one attached hydrogen (secondary N) is 1. The Kier molecular flexibility index (Phi) is 4.57. The fourth-order valence-corrected chi connectivity index (χ4v) is 4.29. The molecule has 1 aromatic heterocycles. The van der Waals surface area contributed by atoms with Crippen molar-refractivity contribution in [2.75, 3.05) is 20.2 Å². The zero-order chi connectivity index (χ0) is 16.4. The van der Waals surface area contributed by atoms with E-state index < -0.39 is 0 Å². The minimum absolute atomic E-state index is 0.0258. The SMILES string of the molecule is CC[C@H](NC(=O)N1CCC2(CC1)C[C@@H]2C(=O)OC)c1nccs1. The molecule has 1 saturated carbocycles. The van der Waals surface area contributed by atoms with Crippen LogP contribution in [0.5, 0.6) is 0 Å². The van der Waals surface area contributed by atoms with Crippen LogP contribution in [0.4, 0.5) is 4.79 Å². The van der Waals surface area contributed by atoms with Gasteiger partial charge in [-0.1, -0.05) is 6.92 Å². The molecule has 2 atom stereocenters. The quantitative estimate of drug-likeness (QED) is 0.857. The van der Waals surface area contributed by atoms with Crippen LogP contribution >= 0.6 is 11.3 Å². The van der Waals surface area contributed by atoms with Crippen molar-refractivity contribution < 1.29 is 14.3 Å². The number of ether oxygens (including phenoxy) is 1. The van der Waals surface area contributed by atoms with E-state index >= 15 is 0 Å². The predicted molar refractivity (Wildman–Crippen MR) is 87.0 cm³/mol. The second-order valence-electron chi connectivity index (χ2n) is 6.41. The number of likely N-dealkylation sites (tertiary alicyclic amines) is 1. The Bertz CT molecular complexity index is 567. The van der Waals surface area contributed by atoms with Gasteiger partial charge in [0.2, 0.25) is 0 Å². The predicted octanol–water partition coefficient (Wildman–Crippen LogP) is 2.58. The maximum atomic E-state index is 12.5. The molecule has 1 saturated heterocycles. The highest BCUT2D eigenvalue weighted by molar-refractivity contribution is 7.09. The lowest BCUT2D eigenvalue weighted by atomic mass is 9.91. The molecular formula is C16H23N3O3S. The normalized spacial score (nSPS) is 23.4. The molecule has 1 aliphatic carbocycles. The van der Waals surface area contributed by atoms with Crippen molar-refractivity contribution in [1.29, 1.82) is 0 Å². The number of hydrogen-bond donors (Lipinski definition) is 1. The van der Waals surface area contributed by atoms with Crippen LogP contribution in [-0.4, -0.2) is 42.1 Å². The first-order valence-corrected chi connectivity index (χ1v) is 9.00. The van der Waals surface area contributed by atoms with Gasteiger partial charge in [0.1, 0.15) is 5.01 Å². The lowest BCUT2D eigenvalue weighted by Gasteiger charge is -2.33. The van der Waals surface area contributed by atoms with Crippen molar-refractivity contribution in [1.82, 2.24) is 15.2 Å². The summed E-state index contributed by atoms with van der Waals surface area (Å²) in [5, 5.41) is 5.95. The summed E-state index contributed by atoms with van der Waals surface area (Å²) in [7, 11) is 1.44. The number of piperidine rings is 1. The third-order valence-electron chi connectivity index (χ3n) is 5.18. The van der Waals surface area contributed by atoms with Crippen molar-refractivity contribution >= 4 is 23.3 Å². The van der Waals surface area contributed by atoms with Gasteiger partial charge in [0.05, 0.1) is 19.1 Å². The summed E-state index contributed by atoms with van der Waals surface area (Å²) in [4.78, 5) is 30.3. The third kappa shape index (κ3) is 3.20. The molecule has 1 aliphatic heterocycles. The fourth-order valence-electron chi connectivity index (χ4n) is 3.52. The molecule has 6 nitrogen and oxygen atoms in total. The minimum Gasteiger partial charge on any atom is -0.469 e. The van der Waals surface area contributed by atoms with Crippen molar-refractivity contribution in [3.8, 4) is 0 Å². The van der Waals surface area contributed by atoms with Gasteiger partial charge in [-0.3, -0.25) is 4.79 Å². The van der Waals surface area contributed by atoms with Crippen LogP contribution in [0, 0.1) is 11.3 Å². The molecule has 1 N–H and O–H groups in total. The third-order valence-corrected chi connectivity index (χ3v) is 6.07. The van der Waals surface area contributed by atoms with Gasteiger partial charge in [-0.2, -0.15) is 0 Å². The lowest BCUT2D eigenvalue weighted by molar-refractivity contribution is -0.143. The number of rotatable bonds is 4. The molecule has 23 heavy (non-hydrogen) atoms. The number of hydrogen-bond acceptors (Lipinski definition) is 5. The number of amides is 2. The Balaban J connectivity index is 1.52. The van der Waals surface area contributed by atoms with Gasteiger partial charge in [0, 0.05) is 24.7 Å². The van der Waals surface area contributed by atoms with Gasteiger partial charge in [0.15, 0.2) is 0 Å². The summed E-state index contributed by atoms with van der Waals surface area (Å²) in [6.45, 7) is 3.45. The van der Waals surface area contributed by atoms with Crippen LogP contribution in [0.25, 0.3) is 0 Å². The Hall–Kier alpha value is -1.63. The Labute approximate surface area is 140 Å². The number of urea groups is 1. The number of carbonyl (C=O) groups is 2. The summed E-state index contributed by atoms with van der Waals surface area (Å²) < 4.78 is 4.85. The van der Waals surface area contributed by atoms with E-state index in [0.29, 0.717) is 13.1 Å². The second kappa shape index (κ2) is 6.47. The highest BCUT2D eigenvalue weighted by Gasteiger charge is 2.59. The highest BCUT2D eigenvalue weighted by Crippen LogP contribution is 2.59. The molecule has 2 fully saturated rings. The number of esters is 1. The number of carbonyl (C=O) groups excluding carboxylic acids is 2. The van der Waals surface area contributed by atoms with Gasteiger partial charge in [-0.25, -0.2) is 9.78 Å². The van der Waals surface area contributed by atoms with Crippen LogP contribution in [0.15, 0.2) is 11.6 Å². The van der Waals surface area contributed by atoms with Crippen molar-refractivity contribution in [3.05, 3.63) is 16.6 Å². The summed E-state index contributed by atoms with van der Waals surface area (Å²) in [6.07, 6.45) is 5.26. The molecule has 3 rings (SSSR count). The molecule has 2 amide bonds. The number of aromatic nitrogens is 1. The van der Waals surface area contributed by atoms with E-state index in [2.05, 4.69) is 10.3 Å². The van der Waals surface area contributed by atoms with Crippen LogP contribution in [0.3, 0.4) is 0 Å². The molecule has 2 heterocycles. The number of thiazole rings is 1. The molecule has 126 valence electrons. The monoisotopic (exact) mass is 337 g/mol. The zero-order valence-electron chi connectivity index (χ0n) is 13.6. The summed E-state index contributed by atoms with van der Waals surface area (Å²) in [6, 6.07) is -0.0562. The zero-order valence-corrected chi connectivity index (χ0v) is 14.4. The van der Waals surface area contributed by atoms with Gasteiger partial charge >= 0.3 is 12.0 Å². The molecule has 0 radical (unpaired) electrons. The molecule has 0 aromatic carbocycles. The molecule has 1 aromatic rings. The van der Waals surface area contributed by atoms with E-state index in [0.717, 1.165) is 30.7 Å². The highest BCUT2D eigenvalue weighted by atomic mass is 32.1. The maximum Gasteiger partial charge on any atom is 0.317 e. The van der Waals surface area contributed by atoms with E-state index in [4.69, 9.17) is 4.74 Å². The smallest absolute Gasteiger partial charge is 0.317 e. The van der Waals surface area contributed by atoms with Crippen LogP contribution in [0.2, 0.25) is 0 Å². The minimum atomic E-state index is -0.0993. The van der Waals surface area contributed by atoms with Crippen molar-refractivity contribution in [2.24, 2.45) is 11.3 Å². The number of methoxy groups -OCH3 is 1. The maximum absolute atomic E-state index is 12.5. The first kappa shape index (κ1) is 16.2. The van der Waals surface area contributed by atoms with E-state index in [-0.39, 0.29) is 29.4 Å². The first-order chi connectivity index (χ1) is 11.1. The van der Waals surface area contributed by atoms with E-state index in [1.165, 1.54) is 7.11 Å². The van der Waals surface area contributed by atoms with Gasteiger partial charge in [-0.15, -0.1) is 11.3 Å².